The molecule has 3 aromatic carbocycles. The molecule has 2 N–H and O–H groups in total. The first-order valence-electron chi connectivity index (χ1n) is 8.72. The van der Waals surface area contributed by atoms with Crippen molar-refractivity contribution in [2.45, 2.75) is 6.42 Å². The van der Waals surface area contributed by atoms with Gasteiger partial charge in [0.15, 0.2) is 5.78 Å². The summed E-state index contributed by atoms with van der Waals surface area (Å²) < 4.78 is 0. The highest BCUT2D eigenvalue weighted by atomic mass is 16.1. The number of allylic oxidation sites excluding steroid dienone is 1. The molecule has 0 heterocycles. The van der Waals surface area contributed by atoms with Crippen molar-refractivity contribution in [3.05, 3.63) is 114 Å². The molecule has 3 heteroatoms. The summed E-state index contributed by atoms with van der Waals surface area (Å²) in [5.74, 6) is 0.664. The lowest BCUT2D eigenvalue weighted by Gasteiger charge is -2.14. The molecule has 3 aromatic rings. The first-order chi connectivity index (χ1) is 12.8. The average molecular weight is 342 g/mol. The van der Waals surface area contributed by atoms with Crippen molar-refractivity contribution in [2.24, 2.45) is 0 Å². The van der Waals surface area contributed by atoms with Gasteiger partial charge >= 0.3 is 0 Å². The Hall–Kier alpha value is -3.33. The number of anilines is 1. The molecule has 3 nitrogen and oxygen atoms in total. The molecule has 0 aliphatic rings. The summed E-state index contributed by atoms with van der Waals surface area (Å²) in [5.41, 5.74) is 2.87. The molecule has 0 unspecified atom stereocenters. The van der Waals surface area contributed by atoms with Crippen molar-refractivity contribution in [1.29, 1.82) is 0 Å². The third kappa shape index (κ3) is 5.35. The average Bonchev–Trinajstić information content (AvgIpc) is 2.70. The minimum Gasteiger partial charge on any atom is -0.371 e. The highest BCUT2D eigenvalue weighted by molar-refractivity contribution is 6.05. The molecule has 0 atom stereocenters. The van der Waals surface area contributed by atoms with Crippen molar-refractivity contribution < 1.29 is 4.79 Å². The van der Waals surface area contributed by atoms with Crippen molar-refractivity contribution in [2.75, 3.05) is 11.9 Å². The topological polar surface area (TPSA) is 41.1 Å². The largest absolute Gasteiger partial charge is 0.371 e. The maximum atomic E-state index is 12.5. The van der Waals surface area contributed by atoms with E-state index >= 15 is 0 Å². The first kappa shape index (κ1) is 17.5. The van der Waals surface area contributed by atoms with Gasteiger partial charge < -0.3 is 10.6 Å². The van der Waals surface area contributed by atoms with E-state index < -0.39 is 0 Å². The molecule has 0 radical (unpaired) electrons. The third-order valence-electron chi connectivity index (χ3n) is 3.96. The van der Waals surface area contributed by atoms with Crippen LogP contribution in [-0.4, -0.2) is 12.3 Å². The van der Waals surface area contributed by atoms with Gasteiger partial charge in [-0.25, -0.2) is 0 Å². The SMILES string of the molecule is O=C(/C=C(/NCCc1ccccc1)Nc1ccccc1)c1ccccc1. The fraction of sp³-hybridized carbons (Fsp3) is 0.0870. The molecule has 3 rings (SSSR count). The maximum absolute atomic E-state index is 12.5. The zero-order valence-electron chi connectivity index (χ0n) is 14.6. The van der Waals surface area contributed by atoms with Crippen molar-refractivity contribution in [1.82, 2.24) is 5.32 Å². The second kappa shape index (κ2) is 9.23. The summed E-state index contributed by atoms with van der Waals surface area (Å²) in [6, 6.07) is 29.4. The number of carbonyl (C=O) groups excluding carboxylic acids is 1. The molecular weight excluding hydrogens is 320 g/mol. The Bertz CT molecular complexity index is 843. The van der Waals surface area contributed by atoms with Crippen LogP contribution in [0, 0.1) is 0 Å². The van der Waals surface area contributed by atoms with Crippen LogP contribution >= 0.6 is 0 Å². The lowest BCUT2D eigenvalue weighted by Crippen LogP contribution is -2.23. The van der Waals surface area contributed by atoms with Crippen LogP contribution in [0.2, 0.25) is 0 Å². The third-order valence-corrected chi connectivity index (χ3v) is 3.96. The van der Waals surface area contributed by atoms with Gasteiger partial charge in [-0.3, -0.25) is 4.79 Å². The van der Waals surface area contributed by atoms with E-state index in [4.69, 9.17) is 0 Å². The lowest BCUT2D eigenvalue weighted by atomic mass is 10.1. The number of nitrogens with one attached hydrogen (secondary N) is 2. The molecule has 26 heavy (non-hydrogen) atoms. The molecule has 0 bridgehead atoms. The molecule has 0 saturated heterocycles. The van der Waals surface area contributed by atoms with Gasteiger partial charge in [0, 0.05) is 23.9 Å². The maximum Gasteiger partial charge on any atom is 0.189 e. The van der Waals surface area contributed by atoms with Crippen LogP contribution in [0.1, 0.15) is 15.9 Å². The molecule has 130 valence electrons. The molecule has 0 saturated carbocycles. The smallest absolute Gasteiger partial charge is 0.189 e. The zero-order valence-corrected chi connectivity index (χ0v) is 14.6. The molecule has 0 fully saturated rings. The van der Waals surface area contributed by atoms with Crippen LogP contribution < -0.4 is 10.6 Å². The summed E-state index contributed by atoms with van der Waals surface area (Å²) in [6.45, 7) is 0.734. The fourth-order valence-electron chi connectivity index (χ4n) is 2.61. The second-order valence-corrected chi connectivity index (χ2v) is 5.94. The number of hydrogen-bond donors (Lipinski definition) is 2. The van der Waals surface area contributed by atoms with Crippen LogP contribution in [0.15, 0.2) is 103 Å². The van der Waals surface area contributed by atoms with Gasteiger partial charge in [-0.1, -0.05) is 78.9 Å². The van der Waals surface area contributed by atoms with Gasteiger partial charge in [-0.2, -0.15) is 0 Å². The standard InChI is InChI=1S/C23H22N2O/c26-22(20-12-6-2-7-13-20)18-23(25-21-14-8-3-9-15-21)24-17-16-19-10-4-1-5-11-19/h1-15,18,24-25H,16-17H2/b23-18-. The lowest BCUT2D eigenvalue weighted by molar-refractivity contribution is 0.104. The predicted octanol–water partition coefficient (Wildman–Crippen LogP) is 4.66. The molecular formula is C23H22N2O. The van der Waals surface area contributed by atoms with Gasteiger partial charge in [-0.15, -0.1) is 0 Å². The zero-order chi connectivity index (χ0) is 18.0. The van der Waals surface area contributed by atoms with Gasteiger partial charge in [0.05, 0.1) is 0 Å². The summed E-state index contributed by atoms with van der Waals surface area (Å²) >= 11 is 0. The monoisotopic (exact) mass is 342 g/mol. The van der Waals surface area contributed by atoms with E-state index in [1.807, 2.05) is 78.9 Å². The van der Waals surface area contributed by atoms with Crippen LogP contribution in [0.5, 0.6) is 0 Å². The van der Waals surface area contributed by atoms with Crippen LogP contribution in [0.4, 0.5) is 5.69 Å². The Labute approximate surface area is 154 Å². The summed E-state index contributed by atoms with van der Waals surface area (Å²) in [4.78, 5) is 12.5. The summed E-state index contributed by atoms with van der Waals surface area (Å²) in [5, 5.41) is 6.64. The normalized spacial score (nSPS) is 11.0. The van der Waals surface area contributed by atoms with Crippen LogP contribution in [-0.2, 0) is 6.42 Å². The van der Waals surface area contributed by atoms with Gasteiger partial charge in [0.1, 0.15) is 5.82 Å². The molecule has 0 aromatic heterocycles. The Morgan fingerprint density at radius 3 is 2.00 bits per heavy atom. The van der Waals surface area contributed by atoms with Crippen molar-refractivity contribution in [3.63, 3.8) is 0 Å². The molecule has 0 spiro atoms. The quantitative estimate of drug-likeness (QED) is 0.462. The van der Waals surface area contributed by atoms with Gasteiger partial charge in [0.2, 0.25) is 0 Å². The molecule has 0 aliphatic heterocycles. The number of rotatable bonds is 8. The Kier molecular flexibility index (Phi) is 6.21. The number of hydrogen-bond acceptors (Lipinski definition) is 3. The first-order valence-corrected chi connectivity index (χ1v) is 8.72. The fourth-order valence-corrected chi connectivity index (χ4v) is 2.61. The molecule has 0 aliphatic carbocycles. The number of carbonyl (C=O) groups is 1. The Balaban J connectivity index is 1.70. The highest BCUT2D eigenvalue weighted by Crippen LogP contribution is 2.10. The van der Waals surface area contributed by atoms with E-state index in [1.54, 1.807) is 6.08 Å². The number of benzene rings is 3. The second-order valence-electron chi connectivity index (χ2n) is 5.94. The minimum atomic E-state index is -0.0313. The summed E-state index contributed by atoms with van der Waals surface area (Å²) in [7, 11) is 0. The highest BCUT2D eigenvalue weighted by Gasteiger charge is 2.05. The van der Waals surface area contributed by atoms with E-state index in [0.29, 0.717) is 11.4 Å². The van der Waals surface area contributed by atoms with Crippen LogP contribution in [0.25, 0.3) is 0 Å². The minimum absolute atomic E-state index is 0.0313. The summed E-state index contributed by atoms with van der Waals surface area (Å²) in [6.07, 6.45) is 2.50. The van der Waals surface area contributed by atoms with Crippen LogP contribution in [0.3, 0.4) is 0 Å². The Morgan fingerprint density at radius 1 is 0.769 bits per heavy atom. The van der Waals surface area contributed by atoms with E-state index in [2.05, 4.69) is 22.8 Å². The van der Waals surface area contributed by atoms with E-state index in [0.717, 1.165) is 18.7 Å². The predicted molar refractivity (Wildman–Crippen MR) is 107 cm³/mol. The molecule has 0 amide bonds. The number of para-hydroxylation sites is 1. The van der Waals surface area contributed by atoms with E-state index in [-0.39, 0.29) is 5.78 Å². The van der Waals surface area contributed by atoms with E-state index in [9.17, 15) is 4.79 Å². The Morgan fingerprint density at radius 2 is 1.35 bits per heavy atom. The number of ketones is 1. The van der Waals surface area contributed by atoms with E-state index in [1.165, 1.54) is 5.56 Å². The van der Waals surface area contributed by atoms with Gasteiger partial charge in [-0.05, 0) is 24.1 Å². The van der Waals surface area contributed by atoms with Gasteiger partial charge in [0.25, 0.3) is 0 Å². The van der Waals surface area contributed by atoms with Crippen molar-refractivity contribution in [3.8, 4) is 0 Å². The van der Waals surface area contributed by atoms with Crippen molar-refractivity contribution >= 4 is 11.5 Å².